The van der Waals surface area contributed by atoms with Crippen LogP contribution in [0.4, 0.5) is 0 Å². The van der Waals surface area contributed by atoms with E-state index in [0.29, 0.717) is 12.3 Å². The molecule has 0 radical (unpaired) electrons. The Morgan fingerprint density at radius 2 is 2.00 bits per heavy atom. The van der Waals surface area contributed by atoms with Crippen LogP contribution in [0.2, 0.25) is 0 Å². The molecule has 96 valence electrons. The molecule has 0 spiro atoms. The van der Waals surface area contributed by atoms with Gasteiger partial charge in [0.15, 0.2) is 11.5 Å². The van der Waals surface area contributed by atoms with Crippen molar-refractivity contribution >= 4 is 0 Å². The molecular formula is C14H23NO2. The number of hydrogen-bond donors (Lipinski definition) is 1. The maximum atomic E-state index is 10.0. The van der Waals surface area contributed by atoms with Crippen molar-refractivity contribution in [1.82, 2.24) is 4.90 Å². The number of benzene rings is 1. The first-order valence-electron chi connectivity index (χ1n) is 5.98. The highest BCUT2D eigenvalue weighted by Gasteiger charge is 2.22. The minimum atomic E-state index is 0.121. The van der Waals surface area contributed by atoms with Gasteiger partial charge in [-0.1, -0.05) is 19.1 Å². The topological polar surface area (TPSA) is 32.7 Å². The van der Waals surface area contributed by atoms with Crippen molar-refractivity contribution in [1.29, 1.82) is 0 Å². The van der Waals surface area contributed by atoms with E-state index in [2.05, 4.69) is 32.7 Å². The van der Waals surface area contributed by atoms with Crippen LogP contribution in [-0.2, 0) is 6.54 Å². The summed E-state index contributed by atoms with van der Waals surface area (Å²) in [6, 6.07) is 5.60. The van der Waals surface area contributed by atoms with Gasteiger partial charge in [-0.2, -0.15) is 0 Å². The van der Waals surface area contributed by atoms with Crippen molar-refractivity contribution in [2.24, 2.45) is 0 Å². The van der Waals surface area contributed by atoms with Crippen molar-refractivity contribution in [2.75, 3.05) is 14.2 Å². The second-order valence-corrected chi connectivity index (χ2v) is 4.99. The summed E-state index contributed by atoms with van der Waals surface area (Å²) in [5.74, 6) is 0.777. The Morgan fingerprint density at radius 1 is 1.35 bits per heavy atom. The average molecular weight is 237 g/mol. The van der Waals surface area contributed by atoms with Crippen LogP contribution in [0, 0.1) is 0 Å². The Labute approximate surface area is 104 Å². The van der Waals surface area contributed by atoms with Gasteiger partial charge in [0, 0.05) is 17.6 Å². The standard InChI is InChI=1S/C14H23NO2/c1-6-14(2,3)15(4)10-11-8-7-9-12(17-5)13(11)16/h7-9,16H,6,10H2,1-5H3. The van der Waals surface area contributed by atoms with E-state index in [-0.39, 0.29) is 11.3 Å². The van der Waals surface area contributed by atoms with Gasteiger partial charge in [0.1, 0.15) is 0 Å². The summed E-state index contributed by atoms with van der Waals surface area (Å²) >= 11 is 0. The van der Waals surface area contributed by atoms with Gasteiger partial charge in [-0.25, -0.2) is 0 Å². The van der Waals surface area contributed by atoms with E-state index in [4.69, 9.17) is 4.74 Å². The molecule has 1 aromatic rings. The molecule has 0 aliphatic rings. The molecule has 0 heterocycles. The van der Waals surface area contributed by atoms with Crippen LogP contribution in [0.1, 0.15) is 32.8 Å². The summed E-state index contributed by atoms with van der Waals surface area (Å²) in [4.78, 5) is 2.24. The molecule has 0 aliphatic carbocycles. The first-order valence-corrected chi connectivity index (χ1v) is 5.98. The Hall–Kier alpha value is -1.22. The van der Waals surface area contributed by atoms with E-state index in [1.807, 2.05) is 12.1 Å². The summed E-state index contributed by atoms with van der Waals surface area (Å²) < 4.78 is 5.11. The molecule has 0 amide bonds. The molecule has 1 N–H and O–H groups in total. The van der Waals surface area contributed by atoms with E-state index >= 15 is 0 Å². The predicted molar refractivity (Wildman–Crippen MR) is 70.5 cm³/mol. The second kappa shape index (κ2) is 5.41. The molecular weight excluding hydrogens is 214 g/mol. The Kier molecular flexibility index (Phi) is 4.40. The second-order valence-electron chi connectivity index (χ2n) is 4.99. The largest absolute Gasteiger partial charge is 0.504 e. The third-order valence-corrected chi connectivity index (χ3v) is 3.61. The lowest BCUT2D eigenvalue weighted by molar-refractivity contribution is 0.141. The van der Waals surface area contributed by atoms with Crippen molar-refractivity contribution < 1.29 is 9.84 Å². The predicted octanol–water partition coefficient (Wildman–Crippen LogP) is 3.02. The average Bonchev–Trinajstić information content (AvgIpc) is 2.31. The molecule has 1 aromatic carbocycles. The van der Waals surface area contributed by atoms with Gasteiger partial charge in [-0.3, -0.25) is 4.90 Å². The number of ether oxygens (including phenoxy) is 1. The van der Waals surface area contributed by atoms with Crippen LogP contribution in [0.5, 0.6) is 11.5 Å². The van der Waals surface area contributed by atoms with Crippen molar-refractivity contribution in [3.8, 4) is 11.5 Å². The fraction of sp³-hybridized carbons (Fsp3) is 0.571. The normalized spacial score (nSPS) is 11.9. The Morgan fingerprint density at radius 3 is 2.53 bits per heavy atom. The molecule has 3 heteroatoms. The first kappa shape index (κ1) is 13.8. The lowest BCUT2D eigenvalue weighted by Gasteiger charge is -2.35. The highest BCUT2D eigenvalue weighted by Crippen LogP contribution is 2.31. The number of nitrogens with zero attached hydrogens (tertiary/aromatic N) is 1. The zero-order valence-electron chi connectivity index (χ0n) is 11.4. The molecule has 3 nitrogen and oxygen atoms in total. The summed E-state index contributed by atoms with van der Waals surface area (Å²) in [5, 5.41) is 10.0. The summed E-state index contributed by atoms with van der Waals surface area (Å²) in [6.07, 6.45) is 1.06. The zero-order valence-corrected chi connectivity index (χ0v) is 11.4. The molecule has 17 heavy (non-hydrogen) atoms. The molecule has 0 saturated carbocycles. The maximum absolute atomic E-state index is 10.0. The Balaban J connectivity index is 2.89. The van der Waals surface area contributed by atoms with Crippen LogP contribution < -0.4 is 4.74 Å². The molecule has 0 fully saturated rings. The van der Waals surface area contributed by atoms with Crippen molar-refractivity contribution in [2.45, 2.75) is 39.3 Å². The van der Waals surface area contributed by atoms with Crippen molar-refractivity contribution in [3.05, 3.63) is 23.8 Å². The van der Waals surface area contributed by atoms with Crippen molar-refractivity contribution in [3.63, 3.8) is 0 Å². The number of phenolic OH excluding ortho intramolecular Hbond substituents is 1. The van der Waals surface area contributed by atoms with Crippen LogP contribution >= 0.6 is 0 Å². The molecule has 0 bridgehead atoms. The minimum Gasteiger partial charge on any atom is -0.504 e. The number of methoxy groups -OCH3 is 1. The molecule has 0 unspecified atom stereocenters. The lowest BCUT2D eigenvalue weighted by atomic mass is 9.99. The van der Waals surface area contributed by atoms with Crippen LogP contribution in [0.3, 0.4) is 0 Å². The van der Waals surface area contributed by atoms with Gasteiger partial charge < -0.3 is 9.84 Å². The quantitative estimate of drug-likeness (QED) is 0.854. The van der Waals surface area contributed by atoms with Gasteiger partial charge in [-0.15, -0.1) is 0 Å². The van der Waals surface area contributed by atoms with E-state index in [9.17, 15) is 5.11 Å². The third-order valence-electron chi connectivity index (χ3n) is 3.61. The molecule has 1 rings (SSSR count). The summed E-state index contributed by atoms with van der Waals surface area (Å²) in [6.45, 7) is 7.28. The highest BCUT2D eigenvalue weighted by molar-refractivity contribution is 5.45. The number of hydrogen-bond acceptors (Lipinski definition) is 3. The number of aromatic hydroxyl groups is 1. The van der Waals surface area contributed by atoms with Crippen LogP contribution in [0.25, 0.3) is 0 Å². The fourth-order valence-electron chi connectivity index (χ4n) is 1.60. The first-order chi connectivity index (χ1) is 7.92. The number of phenols is 1. The highest BCUT2D eigenvalue weighted by atomic mass is 16.5. The number of para-hydroxylation sites is 1. The summed E-state index contributed by atoms with van der Waals surface area (Å²) in [5.41, 5.74) is 1.02. The van der Waals surface area contributed by atoms with E-state index < -0.39 is 0 Å². The van der Waals surface area contributed by atoms with Gasteiger partial charge in [0.05, 0.1) is 7.11 Å². The van der Waals surface area contributed by atoms with Crippen LogP contribution in [0.15, 0.2) is 18.2 Å². The van der Waals surface area contributed by atoms with Crippen LogP contribution in [-0.4, -0.2) is 29.7 Å². The maximum Gasteiger partial charge on any atom is 0.162 e. The lowest BCUT2D eigenvalue weighted by Crippen LogP contribution is -2.39. The number of rotatable bonds is 5. The van der Waals surface area contributed by atoms with Gasteiger partial charge in [0.2, 0.25) is 0 Å². The van der Waals surface area contributed by atoms with E-state index in [1.165, 1.54) is 0 Å². The SMILES string of the molecule is CCC(C)(C)N(C)Cc1cccc(OC)c1O. The van der Waals surface area contributed by atoms with Gasteiger partial charge in [0.25, 0.3) is 0 Å². The summed E-state index contributed by atoms with van der Waals surface area (Å²) in [7, 11) is 3.64. The van der Waals surface area contributed by atoms with E-state index in [1.54, 1.807) is 13.2 Å². The molecule has 0 atom stereocenters. The monoisotopic (exact) mass is 237 g/mol. The molecule has 0 saturated heterocycles. The minimum absolute atomic E-state index is 0.121. The third kappa shape index (κ3) is 3.13. The molecule has 0 aliphatic heterocycles. The zero-order chi connectivity index (χ0) is 13.1. The van der Waals surface area contributed by atoms with Gasteiger partial charge >= 0.3 is 0 Å². The fourth-order valence-corrected chi connectivity index (χ4v) is 1.60. The Bertz CT molecular complexity index is 374. The van der Waals surface area contributed by atoms with Gasteiger partial charge in [-0.05, 0) is 33.4 Å². The molecule has 0 aromatic heterocycles. The van der Waals surface area contributed by atoms with E-state index in [0.717, 1.165) is 12.0 Å². The smallest absolute Gasteiger partial charge is 0.162 e.